The van der Waals surface area contributed by atoms with Gasteiger partial charge in [-0.1, -0.05) is 20.8 Å². The third kappa shape index (κ3) is 4.43. The second-order valence-electron chi connectivity index (χ2n) is 8.44. The zero-order chi connectivity index (χ0) is 21.5. The first kappa shape index (κ1) is 21.0. The van der Waals surface area contributed by atoms with Gasteiger partial charge >= 0.3 is 6.08 Å². The number of ether oxygens (including phenoxy) is 2. The average molecular weight is 530 g/mol. The number of halogens is 2. The minimum absolute atomic E-state index is 0.0422. The van der Waals surface area contributed by atoms with Crippen molar-refractivity contribution in [2.45, 2.75) is 33.7 Å². The summed E-state index contributed by atoms with van der Waals surface area (Å²) in [5.41, 5.74) is 7.95. The molecule has 3 heterocycles. The van der Waals surface area contributed by atoms with Gasteiger partial charge in [-0.3, -0.25) is 0 Å². The molecule has 1 aliphatic rings. The third-order valence-electron chi connectivity index (χ3n) is 4.73. The van der Waals surface area contributed by atoms with Crippen LogP contribution in [0.5, 0.6) is 11.5 Å². The minimum atomic E-state index is -0.854. The number of benzene rings is 1. The van der Waals surface area contributed by atoms with Gasteiger partial charge in [0.05, 0.1) is 0 Å². The molecule has 4 rings (SSSR count). The van der Waals surface area contributed by atoms with E-state index in [1.165, 1.54) is 0 Å². The Morgan fingerprint density at radius 3 is 2.67 bits per heavy atom. The Bertz CT molecular complexity index is 1100. The van der Waals surface area contributed by atoms with Gasteiger partial charge in [0.1, 0.15) is 5.82 Å². The number of nitrogens with one attached hydrogen (secondary N) is 1. The van der Waals surface area contributed by atoms with Crippen molar-refractivity contribution in [2.75, 3.05) is 25.6 Å². The van der Waals surface area contributed by atoms with Crippen molar-refractivity contribution in [1.29, 1.82) is 0 Å². The Kier molecular flexibility index (Phi) is 5.71. The standard InChI is InChI=1S/C20H24FIN6O2/c1-20(2,3)9-24-4-5-28-15(25-16-17(23)26-19(21)27-18(16)28)7-11-6-13-14(8-12(11)22)30-10-29-13/h6,8,24H,4-5,7,9-10H2,1-3H3,(H2,23,26,27)/i22+4. The molecule has 0 aliphatic carbocycles. The monoisotopic (exact) mass is 530 g/mol. The van der Waals surface area contributed by atoms with Gasteiger partial charge in [-0.05, 0) is 45.7 Å². The maximum atomic E-state index is 13.9. The average Bonchev–Trinajstić information content (AvgIpc) is 3.23. The predicted octanol–water partition coefficient (Wildman–Crippen LogP) is 3.11. The van der Waals surface area contributed by atoms with Gasteiger partial charge in [0.25, 0.3) is 0 Å². The SMILES string of the molecule is CC(C)(C)CNCCn1c(Cc2cc3c(cc2[131I])OCO3)nc2c(N)nc(F)nc21. The summed E-state index contributed by atoms with van der Waals surface area (Å²) in [4.78, 5) is 12.3. The minimum Gasteiger partial charge on any atom is -0.454 e. The second-order valence-corrected chi connectivity index (χ2v) is 9.60. The Balaban J connectivity index is 1.67. The molecule has 1 aliphatic heterocycles. The van der Waals surface area contributed by atoms with Crippen molar-refractivity contribution in [1.82, 2.24) is 24.8 Å². The zero-order valence-corrected chi connectivity index (χ0v) is 19.3. The van der Waals surface area contributed by atoms with Gasteiger partial charge in [-0.25, -0.2) is 4.98 Å². The summed E-state index contributed by atoms with van der Waals surface area (Å²) in [5, 5.41) is 3.44. The molecule has 0 saturated heterocycles. The molecule has 0 amide bonds. The molecule has 0 spiro atoms. The largest absolute Gasteiger partial charge is 0.454 e. The number of imidazole rings is 1. The molecule has 3 aromatic rings. The van der Waals surface area contributed by atoms with Crippen LogP contribution < -0.4 is 20.5 Å². The van der Waals surface area contributed by atoms with Crippen LogP contribution >= 0.6 is 22.6 Å². The molecule has 30 heavy (non-hydrogen) atoms. The summed E-state index contributed by atoms with van der Waals surface area (Å²) >= 11 is 2.27. The van der Waals surface area contributed by atoms with E-state index in [4.69, 9.17) is 15.2 Å². The smallest absolute Gasteiger partial charge is 0.312 e. The van der Waals surface area contributed by atoms with Crippen LogP contribution in [-0.4, -0.2) is 39.4 Å². The Morgan fingerprint density at radius 1 is 1.20 bits per heavy atom. The van der Waals surface area contributed by atoms with Crippen LogP contribution in [0.1, 0.15) is 32.2 Å². The normalized spacial score (nSPS) is 13.4. The summed E-state index contributed by atoms with van der Waals surface area (Å²) in [6.07, 6.45) is -0.334. The first-order valence-corrected chi connectivity index (χ1v) is 10.8. The van der Waals surface area contributed by atoms with Crippen molar-refractivity contribution >= 4 is 39.6 Å². The van der Waals surface area contributed by atoms with E-state index >= 15 is 0 Å². The van der Waals surface area contributed by atoms with Crippen LogP contribution in [0.3, 0.4) is 0 Å². The summed E-state index contributed by atoms with van der Waals surface area (Å²) < 4.78 is 27.8. The van der Waals surface area contributed by atoms with E-state index in [0.29, 0.717) is 36.4 Å². The Hall–Kier alpha value is -2.21. The summed E-state index contributed by atoms with van der Waals surface area (Å²) in [6, 6.07) is 3.91. The highest BCUT2D eigenvalue weighted by molar-refractivity contribution is 14.1. The summed E-state index contributed by atoms with van der Waals surface area (Å²) in [7, 11) is 0. The number of rotatable bonds is 6. The lowest BCUT2D eigenvalue weighted by molar-refractivity contribution is 0.174. The summed E-state index contributed by atoms with van der Waals surface area (Å²) in [5.74, 6) is 2.23. The number of aromatic nitrogens is 4. The molecule has 10 heteroatoms. The fraction of sp³-hybridized carbons (Fsp3) is 0.450. The lowest BCUT2D eigenvalue weighted by Gasteiger charge is -2.19. The maximum Gasteiger partial charge on any atom is 0.312 e. The summed E-state index contributed by atoms with van der Waals surface area (Å²) in [6.45, 7) is 8.87. The quantitative estimate of drug-likeness (QED) is 0.287. The van der Waals surface area contributed by atoms with Gasteiger partial charge in [-0.2, -0.15) is 14.4 Å². The Morgan fingerprint density at radius 2 is 1.93 bits per heavy atom. The molecule has 160 valence electrons. The number of fused-ring (bicyclic) bond motifs is 2. The molecule has 8 nitrogen and oxygen atoms in total. The van der Waals surface area contributed by atoms with Crippen LogP contribution in [0.25, 0.3) is 11.2 Å². The van der Waals surface area contributed by atoms with Crippen LogP contribution in [0.2, 0.25) is 0 Å². The molecule has 0 atom stereocenters. The molecule has 0 saturated carbocycles. The van der Waals surface area contributed by atoms with E-state index in [0.717, 1.165) is 27.3 Å². The van der Waals surface area contributed by atoms with Gasteiger partial charge < -0.3 is 25.1 Å². The molecule has 0 radical (unpaired) electrons. The Labute approximate surface area is 187 Å². The molecule has 0 fully saturated rings. The number of nitrogens with two attached hydrogens (primary N) is 1. The van der Waals surface area contributed by atoms with Crippen LogP contribution in [0.4, 0.5) is 10.2 Å². The number of hydrogen-bond acceptors (Lipinski definition) is 7. The zero-order valence-electron chi connectivity index (χ0n) is 17.1. The van der Waals surface area contributed by atoms with Crippen molar-refractivity contribution in [3.8, 4) is 11.5 Å². The number of nitrogens with zero attached hydrogens (tertiary/aromatic N) is 4. The fourth-order valence-corrected chi connectivity index (χ4v) is 3.96. The van der Waals surface area contributed by atoms with Crippen LogP contribution in [0, 0.1) is 15.1 Å². The maximum absolute atomic E-state index is 13.9. The van der Waals surface area contributed by atoms with E-state index in [-0.39, 0.29) is 18.0 Å². The fourth-order valence-electron chi connectivity index (χ4n) is 3.33. The van der Waals surface area contributed by atoms with Gasteiger partial charge in [0, 0.05) is 29.6 Å². The molecule has 0 bridgehead atoms. The van der Waals surface area contributed by atoms with E-state index in [1.54, 1.807) is 0 Å². The van der Waals surface area contributed by atoms with Crippen molar-refractivity contribution in [3.63, 3.8) is 0 Å². The third-order valence-corrected chi connectivity index (χ3v) is 5.74. The van der Waals surface area contributed by atoms with Crippen LogP contribution in [0.15, 0.2) is 12.1 Å². The van der Waals surface area contributed by atoms with Crippen molar-refractivity contribution in [2.24, 2.45) is 5.41 Å². The first-order chi connectivity index (χ1) is 14.2. The van der Waals surface area contributed by atoms with Crippen molar-refractivity contribution < 1.29 is 13.9 Å². The molecule has 2 aromatic heterocycles. The number of anilines is 1. The van der Waals surface area contributed by atoms with E-state index < -0.39 is 6.08 Å². The lowest BCUT2D eigenvalue weighted by Crippen LogP contribution is -2.30. The van der Waals surface area contributed by atoms with E-state index in [2.05, 4.69) is 63.6 Å². The topological polar surface area (TPSA) is 100 Å². The molecule has 1 aromatic carbocycles. The molecular formula is C20H24FIN6O2. The lowest BCUT2D eigenvalue weighted by atomic mass is 9.97. The molecular weight excluding hydrogens is 506 g/mol. The van der Waals surface area contributed by atoms with Gasteiger partial charge in [-0.15, -0.1) is 0 Å². The van der Waals surface area contributed by atoms with E-state index in [1.807, 2.05) is 16.7 Å². The van der Waals surface area contributed by atoms with Crippen LogP contribution in [-0.2, 0) is 13.0 Å². The highest BCUT2D eigenvalue weighted by Gasteiger charge is 2.21. The van der Waals surface area contributed by atoms with Gasteiger partial charge in [0.2, 0.25) is 6.79 Å². The molecule has 3 N–H and O–H groups in total. The number of nitrogen functional groups attached to an aromatic ring is 1. The van der Waals surface area contributed by atoms with Crippen molar-refractivity contribution in [3.05, 3.63) is 33.2 Å². The van der Waals surface area contributed by atoms with Gasteiger partial charge in [0.15, 0.2) is 28.5 Å². The second kappa shape index (κ2) is 8.14. The highest BCUT2D eigenvalue weighted by atomic mass is 131. The first-order valence-electron chi connectivity index (χ1n) is 9.68. The molecule has 0 unspecified atom stereocenters. The number of hydrogen-bond donors (Lipinski definition) is 2. The van der Waals surface area contributed by atoms with E-state index in [9.17, 15) is 4.39 Å². The predicted molar refractivity (Wildman–Crippen MR) is 120 cm³/mol. The highest BCUT2D eigenvalue weighted by Crippen LogP contribution is 2.36.